The van der Waals surface area contributed by atoms with E-state index in [0.29, 0.717) is 30.7 Å². The molecule has 0 amide bonds. The minimum Gasteiger partial charge on any atom is -0.490 e. The lowest BCUT2D eigenvalue weighted by Gasteiger charge is -2.17. The highest BCUT2D eigenvalue weighted by molar-refractivity contribution is 5.23. The van der Waals surface area contributed by atoms with Crippen molar-refractivity contribution in [3.8, 4) is 11.6 Å². The van der Waals surface area contributed by atoms with Gasteiger partial charge in [0.05, 0.1) is 13.7 Å². The Kier molecular flexibility index (Phi) is 5.02. The number of para-hydroxylation sites is 1. The molecule has 0 aliphatic carbocycles. The van der Waals surface area contributed by atoms with Gasteiger partial charge in [-0.2, -0.15) is 0 Å². The number of ether oxygens (including phenoxy) is 2. The number of rotatable bonds is 6. The predicted molar refractivity (Wildman–Crippen MR) is 83.9 cm³/mol. The van der Waals surface area contributed by atoms with Crippen molar-refractivity contribution < 1.29 is 13.9 Å². The van der Waals surface area contributed by atoms with Crippen molar-refractivity contribution in [1.29, 1.82) is 0 Å². The molecule has 0 radical (unpaired) electrons. The van der Waals surface area contributed by atoms with Crippen LogP contribution in [0.1, 0.15) is 12.1 Å². The lowest BCUT2D eigenvalue weighted by atomic mass is 10.1. The van der Waals surface area contributed by atoms with Crippen LogP contribution in [-0.2, 0) is 6.54 Å². The Labute approximate surface area is 135 Å². The number of nitrogens with zero attached hydrogens (tertiary/aromatic N) is 3. The van der Waals surface area contributed by atoms with Gasteiger partial charge in [0.25, 0.3) is 0 Å². The standard InChI is InChI=1S/C17H20FN3O2/c1-22-17-15(19-7-8-20-17)11-21-9-6-13(10-21)12-23-16-5-3-2-4-14(16)18/h2-5,7-8,13H,6,9-12H2,1H3. The van der Waals surface area contributed by atoms with Crippen LogP contribution in [0.5, 0.6) is 11.6 Å². The van der Waals surface area contributed by atoms with E-state index < -0.39 is 0 Å². The number of halogens is 1. The number of methoxy groups -OCH3 is 1. The smallest absolute Gasteiger partial charge is 0.236 e. The van der Waals surface area contributed by atoms with Gasteiger partial charge in [-0.3, -0.25) is 9.88 Å². The molecule has 3 rings (SSSR count). The van der Waals surface area contributed by atoms with Gasteiger partial charge < -0.3 is 9.47 Å². The van der Waals surface area contributed by atoms with Crippen LogP contribution in [0, 0.1) is 11.7 Å². The largest absolute Gasteiger partial charge is 0.490 e. The fraction of sp³-hybridized carbons (Fsp3) is 0.412. The summed E-state index contributed by atoms with van der Waals surface area (Å²) >= 11 is 0. The van der Waals surface area contributed by atoms with E-state index in [0.717, 1.165) is 25.2 Å². The number of likely N-dealkylation sites (tertiary alicyclic amines) is 1. The van der Waals surface area contributed by atoms with Crippen LogP contribution in [0.3, 0.4) is 0 Å². The summed E-state index contributed by atoms with van der Waals surface area (Å²) < 4.78 is 24.4. The molecule has 122 valence electrons. The van der Waals surface area contributed by atoms with Gasteiger partial charge in [0.2, 0.25) is 5.88 Å². The van der Waals surface area contributed by atoms with Crippen molar-refractivity contribution in [1.82, 2.24) is 14.9 Å². The van der Waals surface area contributed by atoms with Crippen LogP contribution in [0.25, 0.3) is 0 Å². The monoisotopic (exact) mass is 317 g/mol. The van der Waals surface area contributed by atoms with Crippen molar-refractivity contribution >= 4 is 0 Å². The molecule has 0 N–H and O–H groups in total. The van der Waals surface area contributed by atoms with Gasteiger partial charge in [-0.05, 0) is 25.1 Å². The molecular weight excluding hydrogens is 297 g/mol. The molecule has 1 aliphatic rings. The lowest BCUT2D eigenvalue weighted by Crippen LogP contribution is -2.23. The van der Waals surface area contributed by atoms with E-state index in [9.17, 15) is 4.39 Å². The average molecular weight is 317 g/mol. The fourth-order valence-electron chi connectivity index (χ4n) is 2.81. The molecule has 0 spiro atoms. The lowest BCUT2D eigenvalue weighted by molar-refractivity contribution is 0.229. The zero-order valence-electron chi connectivity index (χ0n) is 13.1. The maximum Gasteiger partial charge on any atom is 0.236 e. The molecule has 0 saturated carbocycles. The second-order valence-electron chi connectivity index (χ2n) is 5.64. The van der Waals surface area contributed by atoms with Gasteiger partial charge in [-0.15, -0.1) is 0 Å². The topological polar surface area (TPSA) is 47.5 Å². The molecule has 1 fully saturated rings. The maximum atomic E-state index is 13.5. The molecule has 0 bridgehead atoms. The van der Waals surface area contributed by atoms with Gasteiger partial charge in [0, 0.05) is 31.4 Å². The quantitative estimate of drug-likeness (QED) is 0.819. The van der Waals surface area contributed by atoms with Crippen molar-refractivity contribution in [3.05, 3.63) is 48.2 Å². The van der Waals surface area contributed by atoms with E-state index in [1.54, 1.807) is 37.7 Å². The average Bonchev–Trinajstić information content (AvgIpc) is 3.02. The Balaban J connectivity index is 1.52. The van der Waals surface area contributed by atoms with Crippen molar-refractivity contribution in [2.45, 2.75) is 13.0 Å². The van der Waals surface area contributed by atoms with E-state index in [1.165, 1.54) is 6.07 Å². The van der Waals surface area contributed by atoms with Crippen LogP contribution in [0.2, 0.25) is 0 Å². The molecule has 1 aliphatic heterocycles. The number of hydrogen-bond acceptors (Lipinski definition) is 5. The van der Waals surface area contributed by atoms with Crippen molar-refractivity contribution in [2.75, 3.05) is 26.8 Å². The predicted octanol–water partition coefficient (Wildman–Crippen LogP) is 2.53. The normalized spacial score (nSPS) is 18.1. The molecule has 23 heavy (non-hydrogen) atoms. The summed E-state index contributed by atoms with van der Waals surface area (Å²) in [6.45, 7) is 3.08. The van der Waals surface area contributed by atoms with Crippen molar-refractivity contribution in [2.24, 2.45) is 5.92 Å². The number of benzene rings is 1. The molecule has 2 heterocycles. The number of aromatic nitrogens is 2. The van der Waals surface area contributed by atoms with Crippen LogP contribution in [0.15, 0.2) is 36.7 Å². The van der Waals surface area contributed by atoms with Gasteiger partial charge in [-0.25, -0.2) is 9.37 Å². The summed E-state index contributed by atoms with van der Waals surface area (Å²) in [5.41, 5.74) is 0.839. The van der Waals surface area contributed by atoms with E-state index in [2.05, 4.69) is 14.9 Å². The highest BCUT2D eigenvalue weighted by Crippen LogP contribution is 2.23. The first-order valence-electron chi connectivity index (χ1n) is 7.70. The SMILES string of the molecule is COc1nccnc1CN1CCC(COc2ccccc2F)C1. The molecule has 5 nitrogen and oxygen atoms in total. The second-order valence-corrected chi connectivity index (χ2v) is 5.64. The Morgan fingerprint density at radius 2 is 2.09 bits per heavy atom. The first-order valence-corrected chi connectivity index (χ1v) is 7.70. The van der Waals surface area contributed by atoms with Gasteiger partial charge in [0.15, 0.2) is 11.6 Å². The zero-order chi connectivity index (χ0) is 16.1. The first-order chi connectivity index (χ1) is 11.3. The summed E-state index contributed by atoms with van der Waals surface area (Å²) in [6, 6.07) is 6.51. The van der Waals surface area contributed by atoms with Crippen LogP contribution in [0.4, 0.5) is 4.39 Å². The van der Waals surface area contributed by atoms with E-state index in [-0.39, 0.29) is 5.82 Å². The molecule has 1 saturated heterocycles. The van der Waals surface area contributed by atoms with E-state index in [1.807, 2.05) is 0 Å². The third-order valence-electron chi connectivity index (χ3n) is 3.98. The van der Waals surface area contributed by atoms with Crippen LogP contribution < -0.4 is 9.47 Å². The number of hydrogen-bond donors (Lipinski definition) is 0. The minimum atomic E-state index is -0.313. The molecule has 6 heteroatoms. The van der Waals surface area contributed by atoms with Crippen molar-refractivity contribution in [3.63, 3.8) is 0 Å². The zero-order valence-corrected chi connectivity index (χ0v) is 13.1. The molecular formula is C17H20FN3O2. The molecule has 1 unspecified atom stereocenters. The summed E-state index contributed by atoms with van der Waals surface area (Å²) in [7, 11) is 1.60. The Morgan fingerprint density at radius 1 is 1.26 bits per heavy atom. The Bertz CT molecular complexity index is 653. The molecule has 1 aromatic carbocycles. The Morgan fingerprint density at radius 3 is 2.91 bits per heavy atom. The van der Waals surface area contributed by atoms with E-state index >= 15 is 0 Å². The summed E-state index contributed by atoms with van der Waals surface area (Å²) in [5.74, 6) is 0.962. The van der Waals surface area contributed by atoms with Gasteiger partial charge >= 0.3 is 0 Å². The van der Waals surface area contributed by atoms with Crippen LogP contribution >= 0.6 is 0 Å². The van der Waals surface area contributed by atoms with Gasteiger partial charge in [-0.1, -0.05) is 12.1 Å². The third kappa shape index (κ3) is 3.96. The highest BCUT2D eigenvalue weighted by atomic mass is 19.1. The van der Waals surface area contributed by atoms with Crippen LogP contribution in [-0.4, -0.2) is 41.7 Å². The summed E-state index contributed by atoms with van der Waals surface area (Å²) in [6.07, 6.45) is 4.32. The first kappa shape index (κ1) is 15.7. The molecule has 2 aromatic rings. The van der Waals surface area contributed by atoms with Gasteiger partial charge in [0.1, 0.15) is 5.69 Å². The van der Waals surface area contributed by atoms with E-state index in [4.69, 9.17) is 9.47 Å². The minimum absolute atomic E-state index is 0.313. The summed E-state index contributed by atoms with van der Waals surface area (Å²) in [4.78, 5) is 10.8. The molecule has 1 aromatic heterocycles. The Hall–Kier alpha value is -2.21. The third-order valence-corrected chi connectivity index (χ3v) is 3.98. The fourth-order valence-corrected chi connectivity index (χ4v) is 2.81. The maximum absolute atomic E-state index is 13.5. The highest BCUT2D eigenvalue weighted by Gasteiger charge is 2.24. The second kappa shape index (κ2) is 7.37. The summed E-state index contributed by atoms with van der Waals surface area (Å²) in [5, 5.41) is 0. The molecule has 1 atom stereocenters.